The number of nitrogens with two attached hydrogens (primary N) is 1. The molecule has 0 unspecified atom stereocenters. The number of pyridine rings is 1. The molecule has 0 bridgehead atoms. The normalized spacial score (nSPS) is 11.5. The molecule has 0 saturated carbocycles. The zero-order valence-corrected chi connectivity index (χ0v) is 21.9. The van der Waals surface area contributed by atoms with E-state index < -0.39 is 5.60 Å². The van der Waals surface area contributed by atoms with Gasteiger partial charge in [-0.1, -0.05) is 18.2 Å². The van der Waals surface area contributed by atoms with E-state index in [-0.39, 0.29) is 0 Å². The summed E-state index contributed by atoms with van der Waals surface area (Å²) in [5.74, 6) is 1.89. The van der Waals surface area contributed by atoms with E-state index in [4.69, 9.17) is 24.9 Å². The van der Waals surface area contributed by atoms with E-state index in [1.54, 1.807) is 14.2 Å². The Morgan fingerprint density at radius 1 is 1.06 bits per heavy atom. The number of hydrogen-bond acceptors (Lipinski definition) is 6. The Morgan fingerprint density at radius 2 is 1.75 bits per heavy atom. The Balaban J connectivity index is 1.84. The predicted octanol–water partition coefficient (Wildman–Crippen LogP) is 5.87. The summed E-state index contributed by atoms with van der Waals surface area (Å²) in [4.78, 5) is 4.92. The monoisotopic (exact) mass is 484 g/mol. The quantitative estimate of drug-likeness (QED) is 0.352. The van der Waals surface area contributed by atoms with Crippen molar-refractivity contribution in [1.29, 1.82) is 5.26 Å². The van der Waals surface area contributed by atoms with Crippen molar-refractivity contribution in [2.24, 2.45) is 0 Å². The van der Waals surface area contributed by atoms with E-state index in [0.717, 1.165) is 45.1 Å². The molecule has 0 atom stereocenters. The Hall–Kier alpha value is -4.02. The third-order valence-electron chi connectivity index (χ3n) is 6.80. The number of hydrogen-bond donors (Lipinski definition) is 1. The molecule has 2 aromatic heterocycles. The molecule has 0 aliphatic rings. The lowest BCUT2D eigenvalue weighted by atomic mass is 9.95. The summed E-state index contributed by atoms with van der Waals surface area (Å²) < 4.78 is 19.0. The highest BCUT2D eigenvalue weighted by Crippen LogP contribution is 2.38. The minimum Gasteiger partial charge on any atom is -0.497 e. The van der Waals surface area contributed by atoms with Crippen molar-refractivity contribution >= 4 is 16.9 Å². The van der Waals surface area contributed by atoms with Gasteiger partial charge in [0.05, 0.1) is 18.4 Å². The van der Waals surface area contributed by atoms with Gasteiger partial charge in [0.25, 0.3) is 0 Å². The molecule has 7 nitrogen and oxygen atoms in total. The molecule has 7 heteroatoms. The standard InChI is InChI=1S/C29H32N4O3/c1-17-8-13-25(36-16-20-9-11-21(34-6)12-10-20)18(2)26(17)33-27(31)23(15-30)22-14-24(29(4,5)35-7)19(3)32-28(22)33/h8-14H,16,31H2,1-7H3. The third kappa shape index (κ3) is 4.25. The van der Waals surface area contributed by atoms with Crippen LogP contribution in [-0.2, 0) is 16.9 Å². The summed E-state index contributed by atoms with van der Waals surface area (Å²) in [6.45, 7) is 10.3. The number of benzene rings is 2. The fourth-order valence-corrected chi connectivity index (χ4v) is 4.57. The zero-order valence-electron chi connectivity index (χ0n) is 21.9. The molecule has 36 heavy (non-hydrogen) atoms. The first-order valence-electron chi connectivity index (χ1n) is 11.8. The average Bonchev–Trinajstić information content (AvgIpc) is 3.13. The molecule has 0 aliphatic carbocycles. The number of nitrogens with zero attached hydrogens (tertiary/aromatic N) is 3. The molecule has 0 fully saturated rings. The van der Waals surface area contributed by atoms with Gasteiger partial charge >= 0.3 is 0 Å². The lowest BCUT2D eigenvalue weighted by Crippen LogP contribution is -2.21. The van der Waals surface area contributed by atoms with Crippen molar-refractivity contribution in [2.75, 3.05) is 20.0 Å². The van der Waals surface area contributed by atoms with E-state index in [1.807, 2.05) is 81.7 Å². The first-order valence-corrected chi connectivity index (χ1v) is 11.8. The van der Waals surface area contributed by atoms with E-state index in [9.17, 15) is 5.26 Å². The third-order valence-corrected chi connectivity index (χ3v) is 6.80. The first kappa shape index (κ1) is 25.1. The molecule has 2 aromatic carbocycles. The number of anilines is 1. The highest BCUT2D eigenvalue weighted by atomic mass is 16.5. The topological polar surface area (TPSA) is 95.3 Å². The largest absolute Gasteiger partial charge is 0.497 e. The van der Waals surface area contributed by atoms with Gasteiger partial charge < -0.3 is 19.9 Å². The molecule has 0 aliphatic heterocycles. The number of methoxy groups -OCH3 is 2. The van der Waals surface area contributed by atoms with Crippen molar-refractivity contribution in [2.45, 2.75) is 46.8 Å². The summed E-state index contributed by atoms with van der Waals surface area (Å²) in [7, 11) is 3.31. The number of nitriles is 1. The summed E-state index contributed by atoms with van der Waals surface area (Å²) in [5.41, 5.74) is 12.6. The highest BCUT2D eigenvalue weighted by Gasteiger charge is 2.27. The molecule has 0 radical (unpaired) electrons. The van der Waals surface area contributed by atoms with Crippen LogP contribution in [0, 0.1) is 32.1 Å². The molecule has 0 saturated heterocycles. The Kier molecular flexibility index (Phi) is 6.66. The summed E-state index contributed by atoms with van der Waals surface area (Å²) in [6.07, 6.45) is 0. The van der Waals surface area contributed by atoms with Crippen molar-refractivity contribution < 1.29 is 14.2 Å². The maximum atomic E-state index is 10.0. The predicted molar refractivity (Wildman–Crippen MR) is 142 cm³/mol. The minimum absolute atomic E-state index is 0.352. The smallest absolute Gasteiger partial charge is 0.147 e. The van der Waals surface area contributed by atoms with Gasteiger partial charge in [-0.05, 0) is 70.0 Å². The fourth-order valence-electron chi connectivity index (χ4n) is 4.57. The van der Waals surface area contributed by atoms with Gasteiger partial charge in [-0.15, -0.1) is 0 Å². The van der Waals surface area contributed by atoms with Crippen molar-refractivity contribution in [3.05, 3.63) is 76.0 Å². The number of fused-ring (bicyclic) bond motifs is 1. The van der Waals surface area contributed by atoms with Crippen LogP contribution < -0.4 is 15.2 Å². The molecule has 4 aromatic rings. The fraction of sp³-hybridized carbons (Fsp3) is 0.310. The molecule has 2 N–H and O–H groups in total. The number of aromatic nitrogens is 2. The van der Waals surface area contributed by atoms with Crippen LogP contribution in [0.3, 0.4) is 0 Å². The van der Waals surface area contributed by atoms with Crippen molar-refractivity contribution in [1.82, 2.24) is 9.55 Å². The van der Waals surface area contributed by atoms with Gasteiger partial charge in [-0.25, -0.2) is 4.98 Å². The van der Waals surface area contributed by atoms with Crippen LogP contribution in [0.15, 0.2) is 42.5 Å². The van der Waals surface area contributed by atoms with Crippen LogP contribution in [0.4, 0.5) is 5.82 Å². The van der Waals surface area contributed by atoms with Gasteiger partial charge in [0.15, 0.2) is 0 Å². The van der Waals surface area contributed by atoms with Crippen LogP contribution in [0.25, 0.3) is 16.7 Å². The number of ether oxygens (including phenoxy) is 3. The first-order chi connectivity index (χ1) is 17.1. The van der Waals surface area contributed by atoms with E-state index >= 15 is 0 Å². The lowest BCUT2D eigenvalue weighted by Gasteiger charge is -2.25. The molecular weight excluding hydrogens is 452 g/mol. The lowest BCUT2D eigenvalue weighted by molar-refractivity contribution is 0.0185. The van der Waals surface area contributed by atoms with Crippen LogP contribution in [0.1, 0.15) is 47.4 Å². The number of rotatable bonds is 7. The minimum atomic E-state index is -0.560. The summed E-state index contributed by atoms with van der Waals surface area (Å²) in [5, 5.41) is 10.7. The highest BCUT2D eigenvalue weighted by molar-refractivity contribution is 5.92. The molecular formula is C29H32N4O3. The van der Waals surface area contributed by atoms with Crippen LogP contribution in [-0.4, -0.2) is 23.8 Å². The van der Waals surface area contributed by atoms with Crippen LogP contribution in [0.5, 0.6) is 11.5 Å². The van der Waals surface area contributed by atoms with Gasteiger partial charge in [-0.2, -0.15) is 5.26 Å². The molecule has 186 valence electrons. The van der Waals surface area contributed by atoms with Gasteiger partial charge in [0.2, 0.25) is 0 Å². The Morgan fingerprint density at radius 3 is 2.36 bits per heavy atom. The maximum absolute atomic E-state index is 10.0. The van der Waals surface area contributed by atoms with Gasteiger partial charge in [0, 0.05) is 29.3 Å². The molecule has 0 amide bonds. The second kappa shape index (κ2) is 9.56. The van der Waals surface area contributed by atoms with Crippen molar-refractivity contribution in [3.8, 4) is 23.3 Å². The van der Waals surface area contributed by atoms with Gasteiger partial charge in [-0.3, -0.25) is 4.57 Å². The SMILES string of the molecule is COc1ccc(COc2ccc(C)c(-n3c(N)c(C#N)c4cc(C(C)(C)OC)c(C)nc43)c2C)cc1. The molecule has 0 spiro atoms. The second-order valence-corrected chi connectivity index (χ2v) is 9.41. The van der Waals surface area contributed by atoms with E-state index in [2.05, 4.69) is 6.07 Å². The molecule has 4 rings (SSSR count). The Bertz CT molecular complexity index is 1480. The van der Waals surface area contributed by atoms with Crippen LogP contribution in [0.2, 0.25) is 0 Å². The zero-order chi connectivity index (χ0) is 26.2. The van der Waals surface area contributed by atoms with Gasteiger partial charge in [0.1, 0.15) is 41.2 Å². The van der Waals surface area contributed by atoms with E-state index in [1.165, 1.54) is 0 Å². The maximum Gasteiger partial charge on any atom is 0.147 e. The van der Waals surface area contributed by atoms with Crippen LogP contribution >= 0.6 is 0 Å². The number of aryl methyl sites for hydroxylation is 2. The summed E-state index contributed by atoms with van der Waals surface area (Å²) >= 11 is 0. The molecule has 2 heterocycles. The average molecular weight is 485 g/mol. The summed E-state index contributed by atoms with van der Waals surface area (Å²) in [6, 6.07) is 16.0. The second-order valence-electron chi connectivity index (χ2n) is 9.41. The van der Waals surface area contributed by atoms with E-state index in [0.29, 0.717) is 29.0 Å². The van der Waals surface area contributed by atoms with Crippen molar-refractivity contribution in [3.63, 3.8) is 0 Å². The number of nitrogen functional groups attached to an aromatic ring is 1. The Labute approximate surface area is 212 Å².